The zero-order chi connectivity index (χ0) is 65.4. The number of benzene rings is 2. The number of hydrogen-bond acceptors (Lipinski definition) is 12. The molecule has 0 fully saturated rings. The highest BCUT2D eigenvalue weighted by atomic mass is 32.1. The van der Waals surface area contributed by atoms with E-state index in [1.165, 1.54) is 71.0 Å². The molecule has 14 heteroatoms. The van der Waals surface area contributed by atoms with Gasteiger partial charge in [0.25, 0.3) is 0 Å². The molecular formula is C78H96F2O4S8. The highest BCUT2D eigenvalue weighted by Gasteiger charge is 2.32. The molecule has 0 aliphatic carbocycles. The summed E-state index contributed by atoms with van der Waals surface area (Å²) in [5.74, 6) is -0.0140. The molecule has 0 bridgehead atoms. The van der Waals surface area contributed by atoms with Crippen LogP contribution in [0.1, 0.15) is 250 Å². The predicted molar refractivity (Wildman–Crippen MR) is 405 cm³/mol. The summed E-state index contributed by atoms with van der Waals surface area (Å²) in [7, 11) is 0. The third-order valence-electron chi connectivity index (χ3n) is 18.2. The van der Waals surface area contributed by atoms with Crippen molar-refractivity contribution < 1.29 is 27.8 Å². The Hall–Kier alpha value is -4.12. The summed E-state index contributed by atoms with van der Waals surface area (Å²) < 4.78 is 50.1. The molecule has 0 N–H and O–H groups in total. The Morgan fingerprint density at radius 1 is 0.391 bits per heavy atom. The first-order chi connectivity index (χ1) is 44.3. The summed E-state index contributed by atoms with van der Waals surface area (Å²) >= 11 is 13.4. The lowest BCUT2D eigenvalue weighted by molar-refractivity contribution is 0.0494. The van der Waals surface area contributed by atoms with Crippen molar-refractivity contribution in [1.82, 2.24) is 0 Å². The molecule has 2 unspecified atom stereocenters. The number of rotatable bonds is 33. The Labute approximate surface area is 579 Å². The monoisotopic (exact) mass is 1390 g/mol. The number of ether oxygens (including phenoxy) is 2. The van der Waals surface area contributed by atoms with E-state index in [4.69, 9.17) is 9.47 Å². The third kappa shape index (κ3) is 16.1. The maximum absolute atomic E-state index is 16.9. The molecule has 2 atom stereocenters. The van der Waals surface area contributed by atoms with Crippen LogP contribution in [0, 0.1) is 23.5 Å². The summed E-state index contributed by atoms with van der Waals surface area (Å²) in [5.41, 5.74) is 3.96. The number of halogens is 2. The van der Waals surface area contributed by atoms with Gasteiger partial charge in [-0.1, -0.05) is 199 Å². The van der Waals surface area contributed by atoms with E-state index >= 15 is 8.78 Å². The van der Waals surface area contributed by atoms with E-state index in [2.05, 4.69) is 119 Å². The minimum absolute atomic E-state index is 0.128. The van der Waals surface area contributed by atoms with Gasteiger partial charge in [0.1, 0.15) is 21.4 Å². The average Bonchev–Trinajstić information content (AvgIpc) is 1.55. The molecule has 0 aliphatic heterocycles. The van der Waals surface area contributed by atoms with Gasteiger partial charge in [0, 0.05) is 111 Å². The van der Waals surface area contributed by atoms with Crippen molar-refractivity contribution >= 4 is 143 Å². The van der Waals surface area contributed by atoms with Crippen molar-refractivity contribution in [3.8, 4) is 51.5 Å². The van der Waals surface area contributed by atoms with Crippen molar-refractivity contribution in [2.45, 2.75) is 235 Å². The molecule has 0 spiro atoms. The van der Waals surface area contributed by atoms with Crippen molar-refractivity contribution in [1.29, 1.82) is 0 Å². The van der Waals surface area contributed by atoms with Gasteiger partial charge in [-0.05, 0) is 109 Å². The highest BCUT2D eigenvalue weighted by Crippen LogP contribution is 2.58. The van der Waals surface area contributed by atoms with Crippen LogP contribution in [0.5, 0.6) is 0 Å². The van der Waals surface area contributed by atoms with E-state index in [1.807, 2.05) is 35.6 Å². The van der Waals surface area contributed by atoms with Gasteiger partial charge in [-0.2, -0.15) is 0 Å². The summed E-state index contributed by atoms with van der Waals surface area (Å²) in [5, 5.41) is 4.35. The number of esters is 2. The SMILES string of the molecule is CCCCCCCCOC(=O)c1ccc(-c2c3cc(C(C)(C)C)sc3c(-c3ccc(C(=O)OCCCCCCCC)s3)c3cc(-c4cc5c(-c6cc(F)c(CC(CC)CCCC)s6)c6sc(C(C)(C)C)cc6c(-c6cc(F)c(CC(CC)CCCC)s6)c5s4)sc23)s1. The maximum atomic E-state index is 16.9. The quantitative estimate of drug-likeness (QED) is 0.0304. The molecule has 2 aromatic carbocycles. The normalized spacial score (nSPS) is 13.1. The molecule has 0 radical (unpaired) electrons. The smallest absolute Gasteiger partial charge is 0.348 e. The lowest BCUT2D eigenvalue weighted by Gasteiger charge is -2.15. The molecule has 10 aromatic rings. The molecule has 4 nitrogen and oxygen atoms in total. The zero-order valence-corrected chi connectivity index (χ0v) is 63.1. The first-order valence-electron chi connectivity index (χ1n) is 34.5. The van der Waals surface area contributed by atoms with E-state index in [0.717, 1.165) is 204 Å². The van der Waals surface area contributed by atoms with Crippen LogP contribution < -0.4 is 0 Å². The third-order valence-corrected chi connectivity index (χ3v) is 28.4. The number of hydrogen-bond donors (Lipinski definition) is 0. The van der Waals surface area contributed by atoms with E-state index in [9.17, 15) is 9.59 Å². The Balaban J connectivity index is 1.19. The summed E-state index contributed by atoms with van der Waals surface area (Å²) in [6.07, 6.45) is 23.5. The number of unbranched alkanes of at least 4 members (excludes halogenated alkanes) is 12. The Kier molecular flexibility index (Phi) is 24.5. The molecule has 0 amide bonds. The average molecular weight is 1390 g/mol. The van der Waals surface area contributed by atoms with Gasteiger partial charge in [0.2, 0.25) is 0 Å². The lowest BCUT2D eigenvalue weighted by atomic mass is 9.93. The van der Waals surface area contributed by atoms with Gasteiger partial charge >= 0.3 is 11.9 Å². The minimum Gasteiger partial charge on any atom is -0.462 e. The second-order valence-corrected chi connectivity index (χ2v) is 36.2. The van der Waals surface area contributed by atoms with Crippen molar-refractivity contribution in [3.63, 3.8) is 0 Å². The number of carbonyl (C=O) groups excluding carboxylic acids is 2. The summed E-state index contributed by atoms with van der Waals surface area (Å²) in [6.45, 7) is 27.8. The number of carbonyl (C=O) groups is 2. The van der Waals surface area contributed by atoms with Crippen molar-refractivity contribution in [2.75, 3.05) is 13.2 Å². The van der Waals surface area contributed by atoms with Crippen LogP contribution >= 0.6 is 90.7 Å². The second kappa shape index (κ2) is 31.8. The largest absolute Gasteiger partial charge is 0.462 e. The van der Waals surface area contributed by atoms with Crippen LogP contribution in [0.4, 0.5) is 8.78 Å². The molecular weight excluding hydrogens is 1300 g/mol. The summed E-state index contributed by atoms with van der Waals surface area (Å²) in [6, 6.07) is 21.2. The number of fused-ring (bicyclic) bond motifs is 4. The van der Waals surface area contributed by atoms with Gasteiger partial charge < -0.3 is 9.47 Å². The van der Waals surface area contributed by atoms with E-state index in [0.29, 0.717) is 34.8 Å². The molecule has 0 saturated carbocycles. The Morgan fingerprint density at radius 2 is 0.739 bits per heavy atom. The fraction of sp³-hybridized carbons (Fsp3) is 0.513. The zero-order valence-electron chi connectivity index (χ0n) is 56.6. The fourth-order valence-electron chi connectivity index (χ4n) is 12.6. The van der Waals surface area contributed by atoms with Crippen LogP contribution in [-0.4, -0.2) is 25.2 Å². The van der Waals surface area contributed by atoms with E-state index in [1.54, 1.807) is 56.7 Å². The topological polar surface area (TPSA) is 52.6 Å². The first kappa shape index (κ1) is 70.7. The van der Waals surface area contributed by atoms with E-state index < -0.39 is 0 Å². The molecule has 494 valence electrons. The Bertz CT molecular complexity index is 3870. The van der Waals surface area contributed by atoms with E-state index in [-0.39, 0.29) is 34.4 Å². The Morgan fingerprint density at radius 3 is 1.11 bits per heavy atom. The molecule has 8 heterocycles. The predicted octanol–water partition coefficient (Wildman–Crippen LogP) is 28.6. The number of thiophene rings is 8. The van der Waals surface area contributed by atoms with Crippen LogP contribution in [0.2, 0.25) is 0 Å². The molecule has 10 rings (SSSR count). The van der Waals surface area contributed by atoms with Crippen molar-refractivity contribution in [2.24, 2.45) is 11.8 Å². The van der Waals surface area contributed by atoms with Gasteiger partial charge in [-0.25, -0.2) is 18.4 Å². The van der Waals surface area contributed by atoms with Crippen LogP contribution in [0.15, 0.2) is 60.7 Å². The van der Waals surface area contributed by atoms with Crippen LogP contribution in [0.3, 0.4) is 0 Å². The van der Waals surface area contributed by atoms with Gasteiger partial charge in [-0.15, -0.1) is 90.7 Å². The van der Waals surface area contributed by atoms with Gasteiger partial charge in [-0.3, -0.25) is 0 Å². The van der Waals surface area contributed by atoms with Crippen LogP contribution in [-0.2, 0) is 33.1 Å². The lowest BCUT2D eigenvalue weighted by Crippen LogP contribution is -2.07. The van der Waals surface area contributed by atoms with Gasteiger partial charge in [0.05, 0.1) is 13.2 Å². The fourth-order valence-corrected chi connectivity index (χ4v) is 22.4. The van der Waals surface area contributed by atoms with Crippen molar-refractivity contribution in [3.05, 3.63) is 102 Å². The van der Waals surface area contributed by atoms with Crippen LogP contribution in [0.25, 0.3) is 91.9 Å². The molecule has 92 heavy (non-hydrogen) atoms. The molecule has 0 saturated heterocycles. The molecule has 8 aromatic heterocycles. The first-order valence-corrected chi connectivity index (χ1v) is 41.0. The maximum Gasteiger partial charge on any atom is 0.348 e. The minimum atomic E-state index is -0.286. The van der Waals surface area contributed by atoms with Gasteiger partial charge in [0.15, 0.2) is 0 Å². The molecule has 0 aliphatic rings. The highest BCUT2D eigenvalue weighted by molar-refractivity contribution is 7.30. The standard InChI is InChI=1S/C78H96F2O4S8/c1-13-19-23-25-27-29-37-83-75(81)57-35-33-55(85-57)67-49-41-61(89-71(49)68(51-43-65(77(7,8)9)91-73(51)67)56-34-36-58(86-56)76(82)84-38-30-28-26-24-20-14-2)62-42-50-69(63-45-53(79)59(87-63)39-47(17-5)31-21-15-3)74-52(44-66(92-74)78(10,11)12)70(72(50)90-62)64-46-54(80)60(88-64)40-48(18-6)32-22-16-4/h33-36,41-48H,13-32,37-40H2,1-12H3. The second-order valence-electron chi connectivity index (χ2n) is 27.6. The summed E-state index contributed by atoms with van der Waals surface area (Å²) in [4.78, 5) is 39.2.